The molecular weight excluding hydrogens is 396 g/mol. The SMILES string of the molecule is O=C(O)/C=C/c1cccc(-c2cnc3ccc(NCc4ccc5c(c4)OCO5)nn23)c1. The Kier molecular flexibility index (Phi) is 4.72. The first-order chi connectivity index (χ1) is 15.2. The summed E-state index contributed by atoms with van der Waals surface area (Å²) >= 11 is 0. The molecule has 31 heavy (non-hydrogen) atoms. The Hall–Kier alpha value is -4.33. The highest BCUT2D eigenvalue weighted by Crippen LogP contribution is 2.32. The number of benzene rings is 2. The van der Waals surface area contributed by atoms with Crippen LogP contribution in [0.4, 0.5) is 5.82 Å². The summed E-state index contributed by atoms with van der Waals surface area (Å²) in [5, 5.41) is 16.8. The van der Waals surface area contributed by atoms with Crippen molar-refractivity contribution in [1.82, 2.24) is 14.6 Å². The molecule has 2 aromatic carbocycles. The summed E-state index contributed by atoms with van der Waals surface area (Å²) < 4.78 is 12.5. The van der Waals surface area contributed by atoms with Crippen molar-refractivity contribution in [3.8, 4) is 22.8 Å². The fraction of sp³-hybridized carbons (Fsp3) is 0.0870. The molecule has 0 amide bonds. The van der Waals surface area contributed by atoms with E-state index in [1.807, 2.05) is 54.6 Å². The molecule has 1 aliphatic rings. The van der Waals surface area contributed by atoms with Crippen molar-refractivity contribution < 1.29 is 19.4 Å². The third kappa shape index (κ3) is 3.91. The molecule has 0 unspecified atom stereocenters. The van der Waals surface area contributed by atoms with Gasteiger partial charge >= 0.3 is 5.97 Å². The summed E-state index contributed by atoms with van der Waals surface area (Å²) in [6, 6.07) is 17.2. The van der Waals surface area contributed by atoms with Crippen molar-refractivity contribution in [2.45, 2.75) is 6.54 Å². The second kappa shape index (κ2) is 7.83. The maximum atomic E-state index is 10.8. The fourth-order valence-corrected chi connectivity index (χ4v) is 3.38. The lowest BCUT2D eigenvalue weighted by Crippen LogP contribution is -2.04. The van der Waals surface area contributed by atoms with Crippen LogP contribution >= 0.6 is 0 Å². The third-order valence-electron chi connectivity index (χ3n) is 4.87. The second-order valence-corrected chi connectivity index (χ2v) is 6.97. The van der Waals surface area contributed by atoms with E-state index < -0.39 is 5.97 Å². The minimum absolute atomic E-state index is 0.251. The van der Waals surface area contributed by atoms with Crippen LogP contribution in [-0.2, 0) is 11.3 Å². The molecule has 0 spiro atoms. The van der Waals surface area contributed by atoms with Crippen LogP contribution in [-0.4, -0.2) is 32.5 Å². The summed E-state index contributed by atoms with van der Waals surface area (Å²) in [5.74, 6) is 1.22. The molecular formula is C23H18N4O4. The van der Waals surface area contributed by atoms with E-state index in [-0.39, 0.29) is 6.79 Å². The van der Waals surface area contributed by atoms with E-state index in [2.05, 4.69) is 15.4 Å². The van der Waals surface area contributed by atoms with Crippen molar-refractivity contribution in [2.75, 3.05) is 12.1 Å². The predicted molar refractivity (Wildman–Crippen MR) is 115 cm³/mol. The molecule has 0 fully saturated rings. The molecule has 0 radical (unpaired) electrons. The second-order valence-electron chi connectivity index (χ2n) is 6.97. The van der Waals surface area contributed by atoms with E-state index in [4.69, 9.17) is 14.6 Å². The van der Waals surface area contributed by atoms with Gasteiger partial charge in [0.05, 0.1) is 11.9 Å². The first-order valence-corrected chi connectivity index (χ1v) is 9.64. The van der Waals surface area contributed by atoms with Gasteiger partial charge in [0.1, 0.15) is 5.82 Å². The number of anilines is 1. The van der Waals surface area contributed by atoms with Crippen LogP contribution in [0.1, 0.15) is 11.1 Å². The van der Waals surface area contributed by atoms with Gasteiger partial charge < -0.3 is 19.9 Å². The average molecular weight is 414 g/mol. The highest BCUT2D eigenvalue weighted by atomic mass is 16.7. The largest absolute Gasteiger partial charge is 0.478 e. The van der Waals surface area contributed by atoms with Crippen molar-refractivity contribution >= 4 is 23.5 Å². The van der Waals surface area contributed by atoms with Gasteiger partial charge in [0.25, 0.3) is 0 Å². The Morgan fingerprint density at radius 3 is 2.94 bits per heavy atom. The molecule has 4 aromatic rings. The van der Waals surface area contributed by atoms with E-state index in [0.29, 0.717) is 12.4 Å². The normalized spacial score (nSPS) is 12.5. The zero-order valence-electron chi connectivity index (χ0n) is 16.4. The predicted octanol–water partition coefficient (Wildman–Crippen LogP) is 3.83. The van der Waals surface area contributed by atoms with Gasteiger partial charge in [-0.15, -0.1) is 5.10 Å². The van der Waals surface area contributed by atoms with Crippen molar-refractivity contribution in [2.24, 2.45) is 0 Å². The third-order valence-corrected chi connectivity index (χ3v) is 4.87. The lowest BCUT2D eigenvalue weighted by atomic mass is 10.1. The van der Waals surface area contributed by atoms with Gasteiger partial charge in [-0.25, -0.2) is 14.3 Å². The molecule has 0 saturated carbocycles. The average Bonchev–Trinajstić information content (AvgIpc) is 3.42. The van der Waals surface area contributed by atoms with E-state index in [0.717, 1.165) is 45.6 Å². The summed E-state index contributed by atoms with van der Waals surface area (Å²) in [5.41, 5.74) is 4.25. The molecule has 3 heterocycles. The smallest absolute Gasteiger partial charge is 0.328 e. The molecule has 0 bridgehead atoms. The fourth-order valence-electron chi connectivity index (χ4n) is 3.38. The number of imidazole rings is 1. The maximum Gasteiger partial charge on any atom is 0.328 e. The molecule has 0 saturated heterocycles. The van der Waals surface area contributed by atoms with E-state index in [1.165, 1.54) is 0 Å². The molecule has 2 aromatic heterocycles. The zero-order valence-corrected chi connectivity index (χ0v) is 16.4. The van der Waals surface area contributed by atoms with Gasteiger partial charge in [0.2, 0.25) is 6.79 Å². The maximum absolute atomic E-state index is 10.8. The molecule has 0 atom stereocenters. The number of fused-ring (bicyclic) bond motifs is 2. The standard InChI is InChI=1S/C23H18N4O4/c28-23(29)9-5-15-2-1-3-17(10-15)18-13-25-22-8-7-21(26-27(18)22)24-12-16-4-6-19-20(11-16)31-14-30-19/h1-11,13H,12,14H2,(H,24,26)(H,28,29)/b9-5+. The monoisotopic (exact) mass is 414 g/mol. The Labute approximate surface area is 177 Å². The lowest BCUT2D eigenvalue weighted by molar-refractivity contribution is -0.131. The Balaban J connectivity index is 1.40. The van der Waals surface area contributed by atoms with Gasteiger partial charge in [-0.3, -0.25) is 0 Å². The van der Waals surface area contributed by atoms with Crippen LogP contribution in [0, 0.1) is 0 Å². The van der Waals surface area contributed by atoms with Gasteiger partial charge in [-0.1, -0.05) is 24.3 Å². The van der Waals surface area contributed by atoms with Crippen LogP contribution in [0.2, 0.25) is 0 Å². The summed E-state index contributed by atoms with van der Waals surface area (Å²) in [7, 11) is 0. The number of nitrogens with zero attached hydrogens (tertiary/aromatic N) is 3. The molecule has 154 valence electrons. The van der Waals surface area contributed by atoms with Gasteiger partial charge in [-0.2, -0.15) is 0 Å². The van der Waals surface area contributed by atoms with E-state index >= 15 is 0 Å². The van der Waals surface area contributed by atoms with Gasteiger partial charge in [0.15, 0.2) is 17.1 Å². The van der Waals surface area contributed by atoms with Crippen LogP contribution < -0.4 is 14.8 Å². The molecule has 8 heteroatoms. The number of carbonyl (C=O) groups is 1. The number of hydrogen-bond acceptors (Lipinski definition) is 6. The molecule has 1 aliphatic heterocycles. The number of rotatable bonds is 6. The van der Waals surface area contributed by atoms with Crippen LogP contribution in [0.5, 0.6) is 11.5 Å². The Morgan fingerprint density at radius 2 is 2.03 bits per heavy atom. The van der Waals surface area contributed by atoms with Crippen molar-refractivity contribution in [1.29, 1.82) is 0 Å². The van der Waals surface area contributed by atoms with Crippen molar-refractivity contribution in [3.05, 3.63) is 78.0 Å². The molecule has 2 N–H and O–H groups in total. The summed E-state index contributed by atoms with van der Waals surface area (Å²) in [4.78, 5) is 15.2. The van der Waals surface area contributed by atoms with Gasteiger partial charge in [0, 0.05) is 18.2 Å². The lowest BCUT2D eigenvalue weighted by Gasteiger charge is -2.08. The number of aromatic nitrogens is 3. The zero-order chi connectivity index (χ0) is 21.2. The quantitative estimate of drug-likeness (QED) is 0.463. The number of ether oxygens (including phenoxy) is 2. The summed E-state index contributed by atoms with van der Waals surface area (Å²) in [6.45, 7) is 0.829. The van der Waals surface area contributed by atoms with Crippen LogP contribution in [0.3, 0.4) is 0 Å². The minimum Gasteiger partial charge on any atom is -0.478 e. The number of aliphatic carboxylic acids is 1. The molecule has 5 rings (SSSR count). The van der Waals surface area contributed by atoms with E-state index in [1.54, 1.807) is 16.8 Å². The number of carboxylic acids is 1. The van der Waals surface area contributed by atoms with Gasteiger partial charge in [-0.05, 0) is 47.5 Å². The first-order valence-electron chi connectivity index (χ1n) is 9.64. The highest BCUT2D eigenvalue weighted by molar-refractivity contribution is 5.85. The van der Waals surface area contributed by atoms with Crippen LogP contribution in [0.25, 0.3) is 23.0 Å². The summed E-state index contributed by atoms with van der Waals surface area (Å²) in [6.07, 6.45) is 4.43. The topological polar surface area (TPSA) is 98.0 Å². The Bertz CT molecular complexity index is 1310. The molecule has 0 aliphatic carbocycles. The minimum atomic E-state index is -0.986. The van der Waals surface area contributed by atoms with Crippen molar-refractivity contribution in [3.63, 3.8) is 0 Å². The number of carboxylic acid groups (broad SMARTS) is 1. The van der Waals surface area contributed by atoms with Crippen LogP contribution in [0.15, 0.2) is 66.9 Å². The Morgan fingerprint density at radius 1 is 1.13 bits per heavy atom. The molecule has 8 nitrogen and oxygen atoms in total. The first kappa shape index (κ1) is 18.7. The number of nitrogens with one attached hydrogen (secondary N) is 1. The van der Waals surface area contributed by atoms with E-state index in [9.17, 15) is 4.79 Å². The highest BCUT2D eigenvalue weighted by Gasteiger charge is 2.13. The number of hydrogen-bond donors (Lipinski definition) is 2.